The number of aliphatic imine (C=N–C) groups is 1. The highest BCUT2D eigenvalue weighted by Gasteiger charge is 2.41. The molecule has 6 N–H and O–H groups in total. The van der Waals surface area contributed by atoms with E-state index >= 15 is 0 Å². The molecule has 11 heteroatoms. The minimum absolute atomic E-state index is 0.0141. The van der Waals surface area contributed by atoms with E-state index in [0.29, 0.717) is 56.0 Å². The first-order valence-corrected chi connectivity index (χ1v) is 22.4. The zero-order valence-electron chi connectivity index (χ0n) is 39.1. The zero-order chi connectivity index (χ0) is 43.3. The maximum absolute atomic E-state index is 13.6. The molecule has 0 aromatic carbocycles. The summed E-state index contributed by atoms with van der Waals surface area (Å²) in [5.41, 5.74) is 5.32. The van der Waals surface area contributed by atoms with Gasteiger partial charge in [0.15, 0.2) is 0 Å². The zero-order valence-corrected chi connectivity index (χ0v) is 40.0. The predicted molar refractivity (Wildman–Crippen MR) is 241 cm³/mol. The predicted octanol–water partition coefficient (Wildman–Crippen LogP) is 6.95. The van der Waals surface area contributed by atoms with Gasteiger partial charge in [-0.25, -0.2) is 5.43 Å². The molecule has 0 aliphatic carbocycles. The second-order valence-corrected chi connectivity index (χ2v) is 21.3. The number of hydrogen-bond donors (Lipinski definition) is 7. The summed E-state index contributed by atoms with van der Waals surface area (Å²) in [5, 5.41) is 13.7. The van der Waals surface area contributed by atoms with Crippen LogP contribution in [0, 0.1) is 63.1 Å². The highest BCUT2D eigenvalue weighted by Crippen LogP contribution is 2.37. The summed E-state index contributed by atoms with van der Waals surface area (Å²) in [5.74, 6) is 1.85. The van der Waals surface area contributed by atoms with E-state index in [1.165, 1.54) is 0 Å². The van der Waals surface area contributed by atoms with Crippen LogP contribution in [0.15, 0.2) is 4.99 Å². The van der Waals surface area contributed by atoms with Gasteiger partial charge in [-0.2, -0.15) is 12.6 Å². The van der Waals surface area contributed by atoms with Crippen LogP contribution in [0.3, 0.4) is 0 Å². The molecule has 0 radical (unpaired) electrons. The molecule has 56 heavy (non-hydrogen) atoms. The molecule has 1 aliphatic rings. The standard InChI is InChI=1S/C45H89N7O3S/c1-18-42(13,22-32(5)30(2)3)24-51-39(54)31(4)19-20-47-29-45(16,52-46-17)38(56)35(8)40(55)50-23-33(6)36(9)44(15)27-48-25-43(14,26-49-28-44)34(7)21-37(53)41(10,11)12/h29-36,38,46,48-49,52,56H,18-28H2,1-17H3,(H,50,55)(H,51,54). The van der Waals surface area contributed by atoms with Gasteiger partial charge < -0.3 is 21.3 Å². The van der Waals surface area contributed by atoms with E-state index in [4.69, 9.17) is 17.6 Å². The molecule has 0 bridgehead atoms. The van der Waals surface area contributed by atoms with Crippen molar-refractivity contribution in [1.82, 2.24) is 32.1 Å². The second-order valence-electron chi connectivity index (χ2n) is 20.7. The summed E-state index contributed by atoms with van der Waals surface area (Å²) < 4.78 is 0. The molecule has 328 valence electrons. The summed E-state index contributed by atoms with van der Waals surface area (Å²) in [7, 11) is 1.80. The molecule has 9 atom stereocenters. The Hall–Kier alpha value is -1.53. The van der Waals surface area contributed by atoms with Crippen molar-refractivity contribution in [3.63, 3.8) is 0 Å². The number of Topliss-reactive ketones (excluding diaryl/α,β-unsaturated/α-hetero) is 1. The quantitative estimate of drug-likeness (QED) is 0.0338. The highest BCUT2D eigenvalue weighted by atomic mass is 32.1. The van der Waals surface area contributed by atoms with Crippen molar-refractivity contribution in [2.24, 2.45) is 68.1 Å². The molecule has 2 amide bonds. The molecule has 9 unspecified atom stereocenters. The monoisotopic (exact) mass is 808 g/mol. The minimum atomic E-state index is -0.717. The lowest BCUT2D eigenvalue weighted by Crippen LogP contribution is -2.59. The van der Waals surface area contributed by atoms with Gasteiger partial charge >= 0.3 is 0 Å². The van der Waals surface area contributed by atoms with Gasteiger partial charge in [-0.3, -0.25) is 24.8 Å². The van der Waals surface area contributed by atoms with Crippen LogP contribution in [0.25, 0.3) is 0 Å². The number of carbonyl (C=O) groups is 3. The van der Waals surface area contributed by atoms with Gasteiger partial charge in [0.25, 0.3) is 0 Å². The SMILES string of the molecule is CCC(C)(CNC(=O)C(C)CCN=CC(C)(NNC)C(S)C(C)C(=O)NCC(C)C(C)C1(C)CNCC(C)(C(C)CC(=O)C(C)(C)C)CNC1)CC(C)C(C)C. The van der Waals surface area contributed by atoms with Crippen LogP contribution >= 0.6 is 12.6 Å². The van der Waals surface area contributed by atoms with Crippen molar-refractivity contribution in [2.45, 2.75) is 147 Å². The number of nitrogens with one attached hydrogen (secondary N) is 6. The van der Waals surface area contributed by atoms with Crippen LogP contribution in [-0.2, 0) is 14.4 Å². The Balaban J connectivity index is 2.76. The van der Waals surface area contributed by atoms with E-state index in [2.05, 4.69) is 101 Å². The van der Waals surface area contributed by atoms with E-state index < -0.39 is 11.5 Å². The molecule has 1 aliphatic heterocycles. The lowest BCUT2D eigenvalue weighted by molar-refractivity contribution is -0.128. The van der Waals surface area contributed by atoms with Crippen LogP contribution < -0.4 is 32.1 Å². The van der Waals surface area contributed by atoms with Crippen molar-refractivity contribution < 1.29 is 14.4 Å². The third-order valence-corrected chi connectivity index (χ3v) is 15.1. The minimum Gasteiger partial charge on any atom is -0.356 e. The Bertz CT molecular complexity index is 1240. The fourth-order valence-corrected chi connectivity index (χ4v) is 8.04. The van der Waals surface area contributed by atoms with Gasteiger partial charge in [-0.15, -0.1) is 0 Å². The number of rotatable bonds is 23. The van der Waals surface area contributed by atoms with E-state index in [9.17, 15) is 14.4 Å². The smallest absolute Gasteiger partial charge is 0.224 e. The Labute approximate surface area is 350 Å². The van der Waals surface area contributed by atoms with E-state index in [-0.39, 0.29) is 56.5 Å². The maximum Gasteiger partial charge on any atom is 0.224 e. The van der Waals surface area contributed by atoms with Crippen LogP contribution in [0.5, 0.6) is 0 Å². The third-order valence-electron chi connectivity index (χ3n) is 14.1. The molecule has 1 fully saturated rings. The molecule has 0 aromatic heterocycles. The second kappa shape index (κ2) is 22.7. The Morgan fingerprint density at radius 2 is 1.39 bits per heavy atom. The summed E-state index contributed by atoms with van der Waals surface area (Å²) in [6.07, 6.45) is 5.18. The first kappa shape index (κ1) is 52.5. The number of ketones is 1. The van der Waals surface area contributed by atoms with Crippen molar-refractivity contribution in [3.05, 3.63) is 0 Å². The average Bonchev–Trinajstić information content (AvgIpc) is 3.12. The number of carbonyl (C=O) groups excluding carboxylic acids is 3. The molecule has 1 heterocycles. The normalized spacial score (nSPS) is 25.8. The number of thiol groups is 1. The van der Waals surface area contributed by atoms with E-state index in [0.717, 1.165) is 39.0 Å². The molecule has 0 saturated carbocycles. The van der Waals surface area contributed by atoms with Crippen LogP contribution in [0.2, 0.25) is 0 Å². The van der Waals surface area contributed by atoms with Gasteiger partial charge in [-0.1, -0.05) is 104 Å². The molecule has 0 spiro atoms. The average molecular weight is 808 g/mol. The van der Waals surface area contributed by atoms with Gasteiger partial charge in [0.1, 0.15) is 5.78 Å². The van der Waals surface area contributed by atoms with E-state index in [1.807, 2.05) is 47.8 Å². The van der Waals surface area contributed by atoms with Crippen LogP contribution in [0.4, 0.5) is 0 Å². The fourth-order valence-electron chi connectivity index (χ4n) is 7.78. The van der Waals surface area contributed by atoms with Crippen molar-refractivity contribution in [3.8, 4) is 0 Å². The highest BCUT2D eigenvalue weighted by molar-refractivity contribution is 7.81. The molecular formula is C45H89N7O3S. The fraction of sp³-hybridized carbons (Fsp3) is 0.911. The first-order chi connectivity index (χ1) is 25.7. The Kier molecular flexibility index (Phi) is 21.3. The topological polar surface area (TPSA) is 136 Å². The molecule has 10 nitrogen and oxygen atoms in total. The van der Waals surface area contributed by atoms with Gasteiger partial charge in [0.05, 0.1) is 5.54 Å². The summed E-state index contributed by atoms with van der Waals surface area (Å²) >= 11 is 4.96. The van der Waals surface area contributed by atoms with Gasteiger partial charge in [0, 0.05) is 80.9 Å². The summed E-state index contributed by atoms with van der Waals surface area (Å²) in [6.45, 7) is 39.7. The molecule has 0 aromatic rings. The maximum atomic E-state index is 13.6. The van der Waals surface area contributed by atoms with Crippen LogP contribution in [-0.4, -0.2) is 87.5 Å². The number of nitrogens with zero attached hydrogens (tertiary/aromatic N) is 1. The van der Waals surface area contributed by atoms with Gasteiger partial charge in [0.2, 0.25) is 11.8 Å². The lowest BCUT2D eigenvalue weighted by atomic mass is 9.69. The third kappa shape index (κ3) is 15.9. The lowest BCUT2D eigenvalue weighted by Gasteiger charge is -2.46. The number of hydrazine groups is 1. The molecular weight excluding hydrogens is 719 g/mol. The van der Waals surface area contributed by atoms with Crippen molar-refractivity contribution in [1.29, 1.82) is 0 Å². The molecule has 1 saturated heterocycles. The van der Waals surface area contributed by atoms with Crippen molar-refractivity contribution in [2.75, 3.05) is 52.9 Å². The summed E-state index contributed by atoms with van der Waals surface area (Å²) in [4.78, 5) is 44.2. The van der Waals surface area contributed by atoms with Gasteiger partial charge in [-0.05, 0) is 79.1 Å². The molecule has 1 rings (SSSR count). The van der Waals surface area contributed by atoms with E-state index in [1.54, 1.807) is 7.05 Å². The summed E-state index contributed by atoms with van der Waals surface area (Å²) in [6, 6.07) is 0. The number of amides is 2. The number of hydrogen-bond acceptors (Lipinski definition) is 9. The van der Waals surface area contributed by atoms with Crippen LogP contribution in [0.1, 0.15) is 136 Å². The first-order valence-electron chi connectivity index (χ1n) is 21.8. The van der Waals surface area contributed by atoms with Crippen molar-refractivity contribution >= 4 is 36.4 Å². The largest absolute Gasteiger partial charge is 0.356 e. The Morgan fingerprint density at radius 1 is 0.839 bits per heavy atom. The Morgan fingerprint density at radius 3 is 1.89 bits per heavy atom.